The van der Waals surface area contributed by atoms with Crippen LogP contribution in [0.3, 0.4) is 0 Å². The number of rotatable bonds is 7. The Bertz CT molecular complexity index is 1500. The molecule has 1 aliphatic rings. The molecule has 1 aliphatic heterocycles. The van der Waals surface area contributed by atoms with E-state index in [-0.39, 0.29) is 23.4 Å². The molecule has 0 N–H and O–H groups in total. The van der Waals surface area contributed by atoms with Crippen LogP contribution in [0.15, 0.2) is 71.8 Å². The molecule has 0 aliphatic carbocycles. The smallest absolute Gasteiger partial charge is 0.260 e. The number of pyridine rings is 1. The Kier molecular flexibility index (Phi) is 7.37. The number of carbonyl (C=O) groups excluding carboxylic acids is 1. The highest BCUT2D eigenvalue weighted by molar-refractivity contribution is 7.89. The number of anilines is 1. The molecule has 0 radical (unpaired) electrons. The Morgan fingerprint density at radius 1 is 1.08 bits per heavy atom. The Labute approximate surface area is 221 Å². The van der Waals surface area contributed by atoms with Gasteiger partial charge < -0.3 is 0 Å². The third-order valence-corrected chi connectivity index (χ3v) is 9.89. The number of fused-ring (bicyclic) bond motifs is 1. The summed E-state index contributed by atoms with van der Waals surface area (Å²) < 4.78 is 29.4. The molecule has 0 saturated carbocycles. The van der Waals surface area contributed by atoms with E-state index in [1.165, 1.54) is 11.3 Å². The molecule has 37 heavy (non-hydrogen) atoms. The van der Waals surface area contributed by atoms with Gasteiger partial charge in [-0.1, -0.05) is 42.9 Å². The number of piperidine rings is 1. The molecule has 3 heterocycles. The number of aromatic nitrogens is 2. The summed E-state index contributed by atoms with van der Waals surface area (Å²) in [7, 11) is -3.62. The van der Waals surface area contributed by atoms with Crippen LogP contribution in [-0.4, -0.2) is 41.2 Å². The molecule has 1 amide bonds. The Morgan fingerprint density at radius 3 is 2.59 bits per heavy atom. The van der Waals surface area contributed by atoms with Crippen LogP contribution in [0.25, 0.3) is 10.2 Å². The van der Waals surface area contributed by atoms with E-state index in [1.807, 2.05) is 50.2 Å². The SMILES string of the molecule is CCC1CCCCN1S(=O)(=O)c1ccc(C(=O)N(Cc2ccccn2)c2nc3c(C)cccc3s2)cc1. The normalized spacial score (nSPS) is 16.6. The molecule has 0 bridgehead atoms. The van der Waals surface area contributed by atoms with Gasteiger partial charge >= 0.3 is 0 Å². The fourth-order valence-electron chi connectivity index (χ4n) is 4.83. The zero-order chi connectivity index (χ0) is 26.0. The van der Waals surface area contributed by atoms with E-state index >= 15 is 0 Å². The summed E-state index contributed by atoms with van der Waals surface area (Å²) in [6.07, 6.45) is 5.30. The molecule has 2 aromatic carbocycles. The van der Waals surface area contributed by atoms with Gasteiger partial charge in [-0.05, 0) is 74.2 Å². The second-order valence-corrected chi connectivity index (χ2v) is 12.2. The van der Waals surface area contributed by atoms with Gasteiger partial charge in [0.05, 0.1) is 27.4 Å². The summed E-state index contributed by atoms with van der Waals surface area (Å²) >= 11 is 1.45. The number of nitrogens with zero attached hydrogens (tertiary/aromatic N) is 4. The number of benzene rings is 2. The van der Waals surface area contributed by atoms with E-state index in [0.717, 1.165) is 47.2 Å². The van der Waals surface area contributed by atoms with E-state index in [1.54, 1.807) is 39.7 Å². The minimum absolute atomic E-state index is 0.0245. The van der Waals surface area contributed by atoms with Crippen molar-refractivity contribution in [2.45, 2.75) is 57.0 Å². The van der Waals surface area contributed by atoms with E-state index in [4.69, 9.17) is 4.98 Å². The lowest BCUT2D eigenvalue weighted by atomic mass is 10.0. The summed E-state index contributed by atoms with van der Waals surface area (Å²) in [6, 6.07) is 17.9. The fraction of sp³-hybridized carbons (Fsp3) is 0.321. The lowest BCUT2D eigenvalue weighted by Gasteiger charge is -2.34. The van der Waals surface area contributed by atoms with E-state index in [9.17, 15) is 13.2 Å². The number of carbonyl (C=O) groups is 1. The monoisotopic (exact) mass is 534 g/mol. The average Bonchev–Trinajstić information content (AvgIpc) is 3.37. The Morgan fingerprint density at radius 2 is 1.89 bits per heavy atom. The molecule has 4 aromatic rings. The molecule has 7 nitrogen and oxygen atoms in total. The number of amides is 1. The quantitative estimate of drug-likeness (QED) is 0.299. The summed E-state index contributed by atoms with van der Waals surface area (Å²) in [5, 5.41) is 0.579. The van der Waals surface area contributed by atoms with Gasteiger partial charge in [-0.15, -0.1) is 0 Å². The number of para-hydroxylation sites is 1. The van der Waals surface area contributed by atoms with Crippen LogP contribution in [0.5, 0.6) is 0 Å². The summed E-state index contributed by atoms with van der Waals surface area (Å²) in [6.45, 7) is 4.82. The van der Waals surface area contributed by atoms with Gasteiger partial charge in [0.15, 0.2) is 5.13 Å². The minimum Gasteiger partial charge on any atom is -0.278 e. The van der Waals surface area contributed by atoms with Crippen molar-refractivity contribution in [2.75, 3.05) is 11.4 Å². The molecule has 2 aromatic heterocycles. The number of thiazole rings is 1. The molecule has 1 unspecified atom stereocenters. The predicted octanol–water partition coefficient (Wildman–Crippen LogP) is 5.80. The van der Waals surface area contributed by atoms with Crippen LogP contribution < -0.4 is 4.90 Å². The fourth-order valence-corrected chi connectivity index (χ4v) is 7.64. The van der Waals surface area contributed by atoms with Crippen molar-refractivity contribution in [2.24, 2.45) is 0 Å². The van der Waals surface area contributed by atoms with Crippen molar-refractivity contribution in [3.63, 3.8) is 0 Å². The molecule has 9 heteroatoms. The Hall–Kier alpha value is -3.14. The highest BCUT2D eigenvalue weighted by atomic mass is 32.2. The number of sulfonamides is 1. The number of hydrogen-bond donors (Lipinski definition) is 0. The third-order valence-electron chi connectivity index (χ3n) is 6.88. The van der Waals surface area contributed by atoms with Gasteiger partial charge in [-0.3, -0.25) is 14.7 Å². The van der Waals surface area contributed by atoms with Gasteiger partial charge in [0, 0.05) is 24.3 Å². The predicted molar refractivity (Wildman–Crippen MR) is 147 cm³/mol. The zero-order valence-corrected chi connectivity index (χ0v) is 22.6. The molecule has 5 rings (SSSR count). The van der Waals surface area contributed by atoms with Crippen molar-refractivity contribution in [1.82, 2.24) is 14.3 Å². The van der Waals surface area contributed by atoms with Gasteiger partial charge in [0.1, 0.15) is 0 Å². The Balaban J connectivity index is 1.47. The molecule has 1 atom stereocenters. The lowest BCUT2D eigenvalue weighted by molar-refractivity contribution is 0.0984. The van der Waals surface area contributed by atoms with E-state index in [2.05, 4.69) is 4.98 Å². The summed E-state index contributed by atoms with van der Waals surface area (Å²) in [4.78, 5) is 24.8. The van der Waals surface area contributed by atoms with Gasteiger partial charge in [0.25, 0.3) is 5.91 Å². The summed E-state index contributed by atoms with van der Waals surface area (Å²) in [5.74, 6) is -0.254. The average molecular weight is 535 g/mol. The first-order chi connectivity index (χ1) is 17.9. The highest BCUT2D eigenvalue weighted by Crippen LogP contribution is 2.33. The van der Waals surface area contributed by atoms with Crippen molar-refractivity contribution < 1.29 is 13.2 Å². The number of aryl methyl sites for hydroxylation is 1. The van der Waals surface area contributed by atoms with Crippen LogP contribution >= 0.6 is 11.3 Å². The van der Waals surface area contributed by atoms with E-state index in [0.29, 0.717) is 17.2 Å². The maximum atomic E-state index is 13.8. The standard InChI is InChI=1S/C28H30N4O3S2/c1-3-23-11-5-7-18-32(23)37(34,35)24-15-13-21(14-16-24)27(33)31(19-22-10-4-6-17-29-22)28-30-26-20(2)9-8-12-25(26)36-28/h4,6,8-10,12-17,23H,3,5,7,11,18-19H2,1-2H3. The van der Waals surface area contributed by atoms with Crippen LogP contribution in [0.1, 0.15) is 54.2 Å². The molecule has 1 fully saturated rings. The molecule has 0 spiro atoms. The molecular weight excluding hydrogens is 504 g/mol. The maximum Gasteiger partial charge on any atom is 0.260 e. The third kappa shape index (κ3) is 5.16. The van der Waals surface area contributed by atoms with Gasteiger partial charge in [-0.2, -0.15) is 4.31 Å². The van der Waals surface area contributed by atoms with E-state index < -0.39 is 10.0 Å². The maximum absolute atomic E-state index is 13.8. The molecule has 192 valence electrons. The van der Waals surface area contributed by atoms with Crippen LogP contribution in [0, 0.1) is 6.92 Å². The van der Waals surface area contributed by atoms with Crippen LogP contribution in [0.2, 0.25) is 0 Å². The van der Waals surface area contributed by atoms with Gasteiger partial charge in [0.2, 0.25) is 10.0 Å². The van der Waals surface area contributed by atoms with Crippen molar-refractivity contribution in [1.29, 1.82) is 0 Å². The first-order valence-corrected chi connectivity index (χ1v) is 14.8. The second kappa shape index (κ2) is 10.7. The number of hydrogen-bond acceptors (Lipinski definition) is 6. The zero-order valence-electron chi connectivity index (χ0n) is 21.0. The van der Waals surface area contributed by atoms with Crippen molar-refractivity contribution in [3.05, 3.63) is 83.7 Å². The van der Waals surface area contributed by atoms with Crippen LogP contribution in [-0.2, 0) is 16.6 Å². The summed E-state index contributed by atoms with van der Waals surface area (Å²) in [5.41, 5.74) is 3.05. The van der Waals surface area contributed by atoms with Crippen LogP contribution in [0.4, 0.5) is 5.13 Å². The first-order valence-electron chi connectivity index (χ1n) is 12.6. The second-order valence-electron chi connectivity index (χ2n) is 9.33. The molecule has 1 saturated heterocycles. The lowest BCUT2D eigenvalue weighted by Crippen LogP contribution is -2.43. The van der Waals surface area contributed by atoms with Gasteiger partial charge in [-0.25, -0.2) is 13.4 Å². The van der Waals surface area contributed by atoms with Crippen molar-refractivity contribution >= 4 is 42.6 Å². The highest BCUT2D eigenvalue weighted by Gasteiger charge is 2.32. The minimum atomic E-state index is -3.62. The van der Waals surface area contributed by atoms with Crippen molar-refractivity contribution in [3.8, 4) is 0 Å². The molecular formula is C28H30N4O3S2. The first kappa shape index (κ1) is 25.5. The largest absolute Gasteiger partial charge is 0.278 e. The topological polar surface area (TPSA) is 83.5 Å².